The molecule has 3 aromatic rings. The minimum Gasteiger partial charge on any atom is -0.463 e. The number of rotatable bonds is 7. The van der Waals surface area contributed by atoms with Gasteiger partial charge in [0.25, 0.3) is 0 Å². The number of likely N-dealkylation sites (tertiary alicyclic amines) is 1. The summed E-state index contributed by atoms with van der Waals surface area (Å²) in [7, 11) is 1.98. The lowest BCUT2D eigenvalue weighted by atomic mass is 9.73. The Hall–Kier alpha value is -3.69. The number of halogens is 4. The molecule has 1 aliphatic carbocycles. The van der Waals surface area contributed by atoms with Gasteiger partial charge in [-0.05, 0) is 81.6 Å². The Morgan fingerprint density at radius 2 is 1.80 bits per heavy atom. The van der Waals surface area contributed by atoms with Gasteiger partial charge in [-0.3, -0.25) is 4.39 Å². The highest BCUT2D eigenvalue weighted by molar-refractivity contribution is 5.96. The van der Waals surface area contributed by atoms with Crippen molar-refractivity contribution in [3.8, 4) is 23.2 Å². The monoisotopic (exact) mass is 637 g/mol. The Labute approximate surface area is 265 Å². The molecule has 1 aromatic heterocycles. The van der Waals surface area contributed by atoms with Crippen molar-refractivity contribution in [3.05, 3.63) is 40.2 Å². The number of nitrogens with one attached hydrogen (secondary N) is 1. The van der Waals surface area contributed by atoms with Crippen molar-refractivity contribution in [2.45, 2.75) is 64.0 Å². The van der Waals surface area contributed by atoms with Crippen LogP contribution in [0.1, 0.15) is 61.6 Å². The summed E-state index contributed by atoms with van der Waals surface area (Å²) in [6, 6.07) is 3.47. The number of anilines is 2. The van der Waals surface area contributed by atoms with Crippen LogP contribution in [0.15, 0.2) is 6.07 Å². The molecule has 0 spiro atoms. The summed E-state index contributed by atoms with van der Waals surface area (Å²) in [5, 5.41) is 13.8. The molecule has 1 saturated carbocycles. The number of nitrogen functional groups attached to an aromatic ring is 1. The molecule has 2 bridgehead atoms. The first-order valence-corrected chi connectivity index (χ1v) is 16.1. The topological polar surface area (TPSA) is 103 Å². The highest BCUT2D eigenvalue weighted by Crippen LogP contribution is 2.51. The molecular weight excluding hydrogens is 598 g/mol. The number of ether oxygens (including phenoxy) is 1. The molecule has 7 rings (SSSR count). The largest absolute Gasteiger partial charge is 0.463 e. The second-order valence-corrected chi connectivity index (χ2v) is 14.0. The molecule has 2 aromatic carbocycles. The molecule has 244 valence electrons. The van der Waals surface area contributed by atoms with E-state index >= 15 is 13.2 Å². The van der Waals surface area contributed by atoms with Gasteiger partial charge in [0.15, 0.2) is 11.6 Å². The standard InChI is InChI=1S/C34H39F4N7O/c1-17-25(18-4-5-18)26(23(12-39)30(40)28(17)37)27-24(36)10-22-31(29(27)38)42-33(43-32(22)45-13-20-6-7-21(14-45)41-20)46-16-34(2)15-44(3)9-8-19(34)11-35/h10,18-21,41H,4-9,11,13-16,40H2,1-3H3/t19-,20-,21+,34+/m1/s1. The third-order valence-corrected chi connectivity index (χ3v) is 10.7. The van der Waals surface area contributed by atoms with Crippen LogP contribution in [0.2, 0.25) is 0 Å². The van der Waals surface area contributed by atoms with Crippen molar-refractivity contribution in [1.82, 2.24) is 20.2 Å². The maximum Gasteiger partial charge on any atom is 0.319 e. The van der Waals surface area contributed by atoms with Crippen LogP contribution in [0, 0.1) is 47.0 Å². The van der Waals surface area contributed by atoms with Crippen molar-refractivity contribution >= 4 is 22.4 Å². The molecule has 4 aliphatic rings. The van der Waals surface area contributed by atoms with Crippen molar-refractivity contribution in [2.24, 2.45) is 11.3 Å². The predicted molar refractivity (Wildman–Crippen MR) is 168 cm³/mol. The summed E-state index contributed by atoms with van der Waals surface area (Å²) in [5.41, 5.74) is 4.70. The highest BCUT2D eigenvalue weighted by atomic mass is 19.1. The predicted octanol–water partition coefficient (Wildman–Crippen LogP) is 5.60. The van der Waals surface area contributed by atoms with Gasteiger partial charge in [0.05, 0.1) is 30.1 Å². The van der Waals surface area contributed by atoms with Crippen LogP contribution in [0.4, 0.5) is 29.1 Å². The fourth-order valence-electron chi connectivity index (χ4n) is 8.02. The number of alkyl halides is 1. The quantitative estimate of drug-likeness (QED) is 0.255. The van der Waals surface area contributed by atoms with E-state index in [9.17, 15) is 9.65 Å². The summed E-state index contributed by atoms with van der Waals surface area (Å²) in [5.74, 6) is -2.65. The number of aromatic nitrogens is 2. The maximum absolute atomic E-state index is 17.0. The van der Waals surface area contributed by atoms with Gasteiger partial charge in [-0.1, -0.05) is 6.92 Å². The molecule has 12 heteroatoms. The molecule has 0 amide bonds. The summed E-state index contributed by atoms with van der Waals surface area (Å²) >= 11 is 0. The Balaban J connectivity index is 1.40. The smallest absolute Gasteiger partial charge is 0.319 e. The van der Waals surface area contributed by atoms with Crippen molar-refractivity contribution in [2.75, 3.05) is 57.1 Å². The van der Waals surface area contributed by atoms with Gasteiger partial charge in [-0.25, -0.2) is 13.2 Å². The van der Waals surface area contributed by atoms with E-state index in [1.807, 2.05) is 24.9 Å². The fraction of sp³-hybridized carbons (Fsp3) is 0.559. The minimum absolute atomic E-state index is 0.0234. The Morgan fingerprint density at radius 3 is 2.46 bits per heavy atom. The molecule has 3 saturated heterocycles. The van der Waals surface area contributed by atoms with Crippen molar-refractivity contribution in [3.63, 3.8) is 0 Å². The molecule has 4 heterocycles. The second-order valence-electron chi connectivity index (χ2n) is 14.0. The van der Waals surface area contributed by atoms with Gasteiger partial charge in [-0.2, -0.15) is 15.2 Å². The molecule has 0 unspecified atom stereocenters. The molecule has 0 radical (unpaired) electrons. The highest BCUT2D eigenvalue weighted by Gasteiger charge is 2.41. The van der Waals surface area contributed by atoms with Crippen LogP contribution < -0.4 is 20.7 Å². The fourth-order valence-corrected chi connectivity index (χ4v) is 8.02. The number of piperazine rings is 1. The number of piperidine rings is 1. The number of hydrogen-bond acceptors (Lipinski definition) is 8. The molecule has 4 atom stereocenters. The SMILES string of the molecule is Cc1c(F)c(N)c(C#N)c(-c2c(F)cc3c(N4C[C@H]5CC[C@@H](C4)N5)nc(OC[C@]4(C)CN(C)CC[C@@H]4CF)nc3c2F)c1C1CC1. The van der Waals surface area contributed by atoms with E-state index in [1.54, 1.807) is 0 Å². The summed E-state index contributed by atoms with van der Waals surface area (Å²) in [4.78, 5) is 13.4. The van der Waals surface area contributed by atoms with Gasteiger partial charge in [0.2, 0.25) is 0 Å². The van der Waals surface area contributed by atoms with Gasteiger partial charge in [0, 0.05) is 48.1 Å². The van der Waals surface area contributed by atoms with Gasteiger partial charge < -0.3 is 25.6 Å². The van der Waals surface area contributed by atoms with Crippen molar-refractivity contribution < 1.29 is 22.3 Å². The molecule has 3 aliphatic heterocycles. The Morgan fingerprint density at radius 1 is 1.09 bits per heavy atom. The van der Waals surface area contributed by atoms with E-state index in [1.165, 1.54) is 13.0 Å². The third kappa shape index (κ3) is 5.12. The van der Waals surface area contributed by atoms with E-state index in [2.05, 4.69) is 15.2 Å². The summed E-state index contributed by atoms with van der Waals surface area (Å²) in [6.45, 7) is 5.71. The third-order valence-electron chi connectivity index (χ3n) is 10.7. The van der Waals surface area contributed by atoms with Gasteiger partial charge in [-0.15, -0.1) is 0 Å². The van der Waals surface area contributed by atoms with Crippen LogP contribution in [0.3, 0.4) is 0 Å². The Bertz CT molecular complexity index is 1750. The number of hydrogen-bond donors (Lipinski definition) is 2. The van der Waals surface area contributed by atoms with Gasteiger partial charge in [0.1, 0.15) is 23.2 Å². The zero-order valence-electron chi connectivity index (χ0n) is 26.4. The zero-order chi connectivity index (χ0) is 32.5. The number of nitriles is 1. The molecular formula is C34H39F4N7O. The Kier molecular flexibility index (Phi) is 7.75. The molecule has 46 heavy (non-hydrogen) atoms. The molecule has 4 fully saturated rings. The number of nitrogens with two attached hydrogens (primary N) is 1. The molecule has 8 nitrogen and oxygen atoms in total. The lowest BCUT2D eigenvalue weighted by molar-refractivity contribution is 0.000322. The van der Waals surface area contributed by atoms with Crippen LogP contribution in [0.5, 0.6) is 6.01 Å². The van der Waals surface area contributed by atoms with E-state index in [-0.39, 0.29) is 64.1 Å². The van der Waals surface area contributed by atoms with Gasteiger partial charge >= 0.3 is 6.01 Å². The van der Waals surface area contributed by atoms with Crippen LogP contribution in [-0.2, 0) is 0 Å². The van der Waals surface area contributed by atoms with Crippen molar-refractivity contribution in [1.29, 1.82) is 5.26 Å². The van der Waals surface area contributed by atoms with E-state index in [0.29, 0.717) is 50.3 Å². The first kappa shape index (κ1) is 30.9. The number of fused-ring (bicyclic) bond motifs is 3. The van der Waals surface area contributed by atoms with Crippen LogP contribution in [-0.4, -0.2) is 73.5 Å². The first-order chi connectivity index (χ1) is 22.0. The number of benzene rings is 2. The lowest BCUT2D eigenvalue weighted by Gasteiger charge is -2.43. The molecule has 3 N–H and O–H groups in total. The lowest BCUT2D eigenvalue weighted by Crippen LogP contribution is -2.51. The van der Waals surface area contributed by atoms with E-state index in [0.717, 1.165) is 19.4 Å². The average Bonchev–Trinajstić information content (AvgIpc) is 3.81. The number of nitrogens with zero attached hydrogens (tertiary/aromatic N) is 5. The minimum atomic E-state index is -0.990. The zero-order valence-corrected chi connectivity index (χ0v) is 26.4. The first-order valence-electron chi connectivity index (χ1n) is 16.1. The normalized spacial score (nSPS) is 26.5. The average molecular weight is 638 g/mol. The van der Waals surface area contributed by atoms with E-state index < -0.39 is 40.8 Å². The maximum atomic E-state index is 17.0. The van der Waals surface area contributed by atoms with E-state index in [4.69, 9.17) is 15.5 Å². The van der Waals surface area contributed by atoms with Crippen LogP contribution >= 0.6 is 0 Å². The second kappa shape index (κ2) is 11.5. The summed E-state index contributed by atoms with van der Waals surface area (Å²) < 4.78 is 68.8. The summed E-state index contributed by atoms with van der Waals surface area (Å²) in [6.07, 6.45) is 4.08. The van der Waals surface area contributed by atoms with Crippen LogP contribution in [0.25, 0.3) is 22.0 Å².